The second-order valence-corrected chi connectivity index (χ2v) is 5.58. The first-order valence-electron chi connectivity index (χ1n) is 6.81. The Morgan fingerprint density at radius 1 is 1.33 bits per heavy atom. The Labute approximate surface area is 128 Å². The van der Waals surface area contributed by atoms with Crippen molar-refractivity contribution in [3.63, 3.8) is 0 Å². The number of carboxylic acids is 1. The van der Waals surface area contributed by atoms with E-state index >= 15 is 0 Å². The number of ether oxygens (including phenoxy) is 1. The van der Waals surface area contributed by atoms with E-state index in [1.165, 1.54) is 0 Å². The Kier molecular flexibility index (Phi) is 4.85. The first-order chi connectivity index (χ1) is 9.91. The molecule has 1 amide bonds. The van der Waals surface area contributed by atoms with Crippen LogP contribution in [0.2, 0.25) is 5.02 Å². The van der Waals surface area contributed by atoms with Gasteiger partial charge in [0.05, 0.1) is 6.04 Å². The molecule has 0 aliphatic carbocycles. The maximum atomic E-state index is 12.4. The topological polar surface area (TPSA) is 66.8 Å². The molecule has 1 saturated heterocycles. The van der Waals surface area contributed by atoms with Crippen molar-refractivity contribution in [3.05, 3.63) is 34.9 Å². The van der Waals surface area contributed by atoms with Crippen molar-refractivity contribution < 1.29 is 19.4 Å². The summed E-state index contributed by atoms with van der Waals surface area (Å²) in [5, 5.41) is 9.51. The van der Waals surface area contributed by atoms with Gasteiger partial charge in [-0.15, -0.1) is 0 Å². The SMILES string of the molecule is CC(c1ccccc1Cl)N(C)C(=O)[C@@H]1CC[C@H](C(=O)O)O1. The highest BCUT2D eigenvalue weighted by Gasteiger charge is 2.37. The van der Waals surface area contributed by atoms with E-state index in [4.69, 9.17) is 21.4 Å². The molecule has 1 aliphatic heterocycles. The van der Waals surface area contributed by atoms with Gasteiger partial charge in [0.25, 0.3) is 5.91 Å². The van der Waals surface area contributed by atoms with Crippen molar-refractivity contribution in [1.82, 2.24) is 4.90 Å². The predicted octanol–water partition coefficient (Wildman–Crippen LogP) is 2.49. The smallest absolute Gasteiger partial charge is 0.332 e. The van der Waals surface area contributed by atoms with Crippen LogP contribution in [0.5, 0.6) is 0 Å². The molecule has 114 valence electrons. The maximum Gasteiger partial charge on any atom is 0.332 e. The number of amides is 1. The molecule has 2 rings (SSSR count). The van der Waals surface area contributed by atoms with Gasteiger partial charge in [-0.2, -0.15) is 0 Å². The predicted molar refractivity (Wildman–Crippen MR) is 78.2 cm³/mol. The van der Waals surface area contributed by atoms with Crippen LogP contribution >= 0.6 is 11.6 Å². The Morgan fingerprint density at radius 2 is 1.95 bits per heavy atom. The molecule has 1 heterocycles. The van der Waals surface area contributed by atoms with E-state index in [1.807, 2.05) is 25.1 Å². The van der Waals surface area contributed by atoms with Crippen LogP contribution in [0.25, 0.3) is 0 Å². The van der Waals surface area contributed by atoms with Crippen molar-refractivity contribution in [1.29, 1.82) is 0 Å². The lowest BCUT2D eigenvalue weighted by Crippen LogP contribution is -2.38. The average Bonchev–Trinajstić information content (AvgIpc) is 2.95. The number of benzene rings is 1. The zero-order valence-electron chi connectivity index (χ0n) is 12.0. The minimum Gasteiger partial charge on any atom is -0.479 e. The number of carbonyl (C=O) groups is 2. The fourth-order valence-corrected chi connectivity index (χ4v) is 2.73. The first-order valence-corrected chi connectivity index (χ1v) is 7.19. The summed E-state index contributed by atoms with van der Waals surface area (Å²) < 4.78 is 5.30. The Morgan fingerprint density at radius 3 is 2.52 bits per heavy atom. The second-order valence-electron chi connectivity index (χ2n) is 5.18. The molecule has 0 spiro atoms. The van der Waals surface area contributed by atoms with Crippen LogP contribution in [-0.4, -0.2) is 41.1 Å². The highest BCUT2D eigenvalue weighted by molar-refractivity contribution is 6.31. The fraction of sp³-hybridized carbons (Fsp3) is 0.467. The molecule has 5 nitrogen and oxygen atoms in total. The molecule has 3 atom stereocenters. The van der Waals surface area contributed by atoms with Crippen LogP contribution in [0.4, 0.5) is 0 Å². The third-order valence-corrected chi connectivity index (χ3v) is 4.20. The van der Waals surface area contributed by atoms with Crippen molar-refractivity contribution in [2.45, 2.75) is 38.0 Å². The monoisotopic (exact) mass is 311 g/mol. The molecule has 0 bridgehead atoms. The highest BCUT2D eigenvalue weighted by Crippen LogP contribution is 2.29. The third kappa shape index (κ3) is 3.36. The van der Waals surface area contributed by atoms with Gasteiger partial charge in [0, 0.05) is 12.1 Å². The van der Waals surface area contributed by atoms with Gasteiger partial charge in [-0.05, 0) is 31.4 Å². The zero-order valence-corrected chi connectivity index (χ0v) is 12.7. The number of rotatable bonds is 4. The van der Waals surface area contributed by atoms with E-state index in [-0.39, 0.29) is 11.9 Å². The van der Waals surface area contributed by atoms with E-state index < -0.39 is 18.2 Å². The molecule has 1 fully saturated rings. The Hall–Kier alpha value is -1.59. The lowest BCUT2D eigenvalue weighted by Gasteiger charge is -2.28. The van der Waals surface area contributed by atoms with Crippen molar-refractivity contribution in [3.8, 4) is 0 Å². The summed E-state index contributed by atoms with van der Waals surface area (Å²) in [7, 11) is 1.67. The van der Waals surface area contributed by atoms with Gasteiger partial charge >= 0.3 is 5.97 Å². The number of halogens is 1. The minimum atomic E-state index is -1.02. The largest absolute Gasteiger partial charge is 0.479 e. The number of aliphatic carboxylic acids is 1. The Bertz CT molecular complexity index is 548. The first kappa shape index (κ1) is 15.8. The normalized spacial score (nSPS) is 22.8. The average molecular weight is 312 g/mol. The summed E-state index contributed by atoms with van der Waals surface area (Å²) in [4.78, 5) is 24.8. The summed E-state index contributed by atoms with van der Waals surface area (Å²) in [6.07, 6.45) is -0.792. The van der Waals surface area contributed by atoms with Crippen LogP contribution in [0, 0.1) is 0 Å². The highest BCUT2D eigenvalue weighted by atomic mass is 35.5. The minimum absolute atomic E-state index is 0.210. The lowest BCUT2D eigenvalue weighted by atomic mass is 10.1. The van der Waals surface area contributed by atoms with Gasteiger partial charge in [0.2, 0.25) is 0 Å². The quantitative estimate of drug-likeness (QED) is 0.927. The molecular formula is C15H18ClNO4. The summed E-state index contributed by atoms with van der Waals surface area (Å²) >= 11 is 6.15. The molecule has 1 N–H and O–H groups in total. The molecule has 1 aromatic carbocycles. The van der Waals surface area contributed by atoms with E-state index in [1.54, 1.807) is 18.0 Å². The van der Waals surface area contributed by atoms with Crippen LogP contribution in [-0.2, 0) is 14.3 Å². The number of nitrogens with zero attached hydrogens (tertiary/aromatic N) is 1. The molecule has 1 aromatic rings. The van der Waals surface area contributed by atoms with E-state index in [9.17, 15) is 9.59 Å². The van der Waals surface area contributed by atoms with Crippen molar-refractivity contribution in [2.24, 2.45) is 0 Å². The Balaban J connectivity index is 2.06. The van der Waals surface area contributed by atoms with Gasteiger partial charge in [-0.25, -0.2) is 4.79 Å². The van der Waals surface area contributed by atoms with Crippen LogP contribution in [0.1, 0.15) is 31.4 Å². The van der Waals surface area contributed by atoms with Crippen molar-refractivity contribution >= 4 is 23.5 Å². The van der Waals surface area contributed by atoms with E-state index in [0.29, 0.717) is 17.9 Å². The molecule has 0 radical (unpaired) electrons. The summed E-state index contributed by atoms with van der Waals surface area (Å²) in [5.74, 6) is -1.24. The number of hydrogen-bond acceptors (Lipinski definition) is 3. The second kappa shape index (κ2) is 6.45. The van der Waals surface area contributed by atoms with Crippen molar-refractivity contribution in [2.75, 3.05) is 7.05 Å². The molecule has 0 saturated carbocycles. The summed E-state index contributed by atoms with van der Waals surface area (Å²) in [5.41, 5.74) is 0.850. The number of carboxylic acid groups (broad SMARTS) is 1. The summed E-state index contributed by atoms with van der Waals surface area (Å²) in [6.45, 7) is 1.88. The molecule has 21 heavy (non-hydrogen) atoms. The van der Waals surface area contributed by atoms with Gasteiger partial charge in [-0.3, -0.25) is 4.79 Å². The van der Waals surface area contributed by atoms with Crippen LogP contribution in [0.15, 0.2) is 24.3 Å². The van der Waals surface area contributed by atoms with Gasteiger partial charge in [0.1, 0.15) is 6.10 Å². The summed E-state index contributed by atoms with van der Waals surface area (Å²) in [6, 6.07) is 7.13. The van der Waals surface area contributed by atoms with E-state index in [0.717, 1.165) is 5.56 Å². The standard InChI is InChI=1S/C15H18ClNO4/c1-9(10-5-3-4-6-11(10)16)17(2)14(18)12-7-8-13(21-12)15(19)20/h3-6,9,12-13H,7-8H2,1-2H3,(H,19,20)/t9?,12-,13+/m0/s1. The maximum absolute atomic E-state index is 12.4. The molecule has 1 unspecified atom stereocenters. The number of hydrogen-bond donors (Lipinski definition) is 1. The third-order valence-electron chi connectivity index (χ3n) is 3.85. The van der Waals surface area contributed by atoms with Gasteiger partial charge in [-0.1, -0.05) is 29.8 Å². The molecule has 6 heteroatoms. The molecular weight excluding hydrogens is 294 g/mol. The molecule has 0 aromatic heterocycles. The van der Waals surface area contributed by atoms with Crippen LogP contribution < -0.4 is 0 Å². The fourth-order valence-electron chi connectivity index (χ4n) is 2.44. The zero-order chi connectivity index (χ0) is 15.6. The van der Waals surface area contributed by atoms with Crippen LogP contribution in [0.3, 0.4) is 0 Å². The number of likely N-dealkylation sites (N-methyl/N-ethyl adjacent to an activating group) is 1. The number of carbonyl (C=O) groups excluding carboxylic acids is 1. The van der Waals surface area contributed by atoms with E-state index in [2.05, 4.69) is 0 Å². The molecule has 1 aliphatic rings. The lowest BCUT2D eigenvalue weighted by molar-refractivity contribution is -0.155. The van der Waals surface area contributed by atoms with Gasteiger partial charge < -0.3 is 14.7 Å². The van der Waals surface area contributed by atoms with Gasteiger partial charge in [0.15, 0.2) is 6.10 Å².